The van der Waals surface area contributed by atoms with Gasteiger partial charge in [0.15, 0.2) is 0 Å². The van der Waals surface area contributed by atoms with Gasteiger partial charge < -0.3 is 11.5 Å². The van der Waals surface area contributed by atoms with E-state index in [2.05, 4.69) is 51.1 Å². The zero-order valence-electron chi connectivity index (χ0n) is 12.4. The fourth-order valence-electron chi connectivity index (χ4n) is 2.37. The smallest absolute Gasteiger partial charge is 0.0314 e. The van der Waals surface area contributed by atoms with E-state index in [0.29, 0.717) is 0 Å². The maximum absolute atomic E-state index is 5.75. The first-order chi connectivity index (χ1) is 9.38. The van der Waals surface area contributed by atoms with Crippen molar-refractivity contribution in [2.75, 3.05) is 11.5 Å². The highest BCUT2D eigenvalue weighted by Crippen LogP contribution is 2.29. The van der Waals surface area contributed by atoms with E-state index >= 15 is 0 Å². The van der Waals surface area contributed by atoms with Crippen LogP contribution < -0.4 is 11.5 Å². The van der Waals surface area contributed by atoms with Gasteiger partial charge >= 0.3 is 0 Å². The van der Waals surface area contributed by atoms with Crippen LogP contribution in [0.4, 0.5) is 11.4 Å². The van der Waals surface area contributed by atoms with Gasteiger partial charge in [0.2, 0.25) is 0 Å². The second-order valence-electron chi connectivity index (χ2n) is 5.79. The summed E-state index contributed by atoms with van der Waals surface area (Å²) in [7, 11) is 0. The van der Waals surface area contributed by atoms with Crippen molar-refractivity contribution in [2.45, 2.75) is 26.2 Å². The van der Waals surface area contributed by atoms with Gasteiger partial charge in [-0.1, -0.05) is 44.2 Å². The second kappa shape index (κ2) is 5.41. The summed E-state index contributed by atoms with van der Waals surface area (Å²) >= 11 is 0. The molecule has 0 saturated carbocycles. The molecule has 2 aromatic rings. The fraction of sp³-hybridized carbons (Fsp3) is 0.222. The molecular formula is C18H22N2. The molecule has 2 nitrogen and oxygen atoms in total. The highest BCUT2D eigenvalue weighted by Gasteiger charge is 2.17. The summed E-state index contributed by atoms with van der Waals surface area (Å²) in [5.74, 6) is 0. The molecule has 0 fully saturated rings. The van der Waals surface area contributed by atoms with Gasteiger partial charge in [-0.2, -0.15) is 0 Å². The number of hydrogen-bond donors (Lipinski definition) is 2. The molecule has 4 N–H and O–H groups in total. The number of nitrogen functional groups attached to an aromatic ring is 2. The maximum Gasteiger partial charge on any atom is 0.0314 e. The second-order valence-corrected chi connectivity index (χ2v) is 5.79. The monoisotopic (exact) mass is 266 g/mol. The van der Waals surface area contributed by atoms with Gasteiger partial charge in [-0.3, -0.25) is 0 Å². The SMILES string of the molecule is C/C(=C/C(C)(C)c1ccc(N)cc1)c1ccc(N)cc1. The third kappa shape index (κ3) is 3.21. The number of anilines is 2. The summed E-state index contributed by atoms with van der Waals surface area (Å²) < 4.78 is 0. The molecule has 0 heterocycles. The summed E-state index contributed by atoms with van der Waals surface area (Å²) in [5.41, 5.74) is 16.7. The van der Waals surface area contributed by atoms with Gasteiger partial charge in [0, 0.05) is 16.8 Å². The zero-order chi connectivity index (χ0) is 14.8. The van der Waals surface area contributed by atoms with Gasteiger partial charge in [-0.15, -0.1) is 0 Å². The Hall–Kier alpha value is -2.22. The minimum Gasteiger partial charge on any atom is -0.399 e. The van der Waals surface area contributed by atoms with E-state index in [1.807, 2.05) is 24.3 Å². The molecule has 0 aliphatic heterocycles. The number of rotatable bonds is 3. The number of hydrogen-bond acceptors (Lipinski definition) is 2. The summed E-state index contributed by atoms with van der Waals surface area (Å²) in [6, 6.07) is 16.0. The molecule has 0 aromatic heterocycles. The Labute approximate surface area is 121 Å². The first kappa shape index (κ1) is 14.2. The van der Waals surface area contributed by atoms with E-state index in [9.17, 15) is 0 Å². The minimum absolute atomic E-state index is 0.0425. The average Bonchev–Trinajstić information content (AvgIpc) is 2.39. The topological polar surface area (TPSA) is 52.0 Å². The quantitative estimate of drug-likeness (QED) is 0.817. The largest absolute Gasteiger partial charge is 0.399 e. The van der Waals surface area contributed by atoms with Crippen molar-refractivity contribution >= 4 is 16.9 Å². The maximum atomic E-state index is 5.75. The fourth-order valence-corrected chi connectivity index (χ4v) is 2.37. The summed E-state index contributed by atoms with van der Waals surface area (Å²) in [4.78, 5) is 0. The molecule has 2 heteroatoms. The van der Waals surface area contributed by atoms with E-state index in [1.54, 1.807) is 0 Å². The van der Waals surface area contributed by atoms with Crippen molar-refractivity contribution in [3.05, 3.63) is 65.7 Å². The standard InChI is InChI=1S/C18H22N2/c1-13(14-4-8-16(19)9-5-14)12-18(2,3)15-6-10-17(20)11-7-15/h4-12H,19-20H2,1-3H3/b13-12-. The van der Waals surface area contributed by atoms with Crippen LogP contribution in [0.15, 0.2) is 54.6 Å². The van der Waals surface area contributed by atoms with Gasteiger partial charge in [-0.25, -0.2) is 0 Å². The van der Waals surface area contributed by atoms with Crippen molar-refractivity contribution in [1.82, 2.24) is 0 Å². The molecule has 0 atom stereocenters. The Morgan fingerprint density at radius 2 is 1.30 bits per heavy atom. The van der Waals surface area contributed by atoms with Gasteiger partial charge in [-0.05, 0) is 47.9 Å². The third-order valence-corrected chi connectivity index (χ3v) is 3.60. The van der Waals surface area contributed by atoms with Crippen molar-refractivity contribution in [2.24, 2.45) is 0 Å². The van der Waals surface area contributed by atoms with Crippen LogP contribution in [-0.4, -0.2) is 0 Å². The van der Waals surface area contributed by atoms with Gasteiger partial charge in [0.1, 0.15) is 0 Å². The predicted molar refractivity (Wildman–Crippen MR) is 88.4 cm³/mol. The Morgan fingerprint density at radius 3 is 1.80 bits per heavy atom. The first-order valence-electron chi connectivity index (χ1n) is 6.80. The Kier molecular flexibility index (Phi) is 3.84. The first-order valence-corrected chi connectivity index (χ1v) is 6.80. The van der Waals surface area contributed by atoms with Crippen LogP contribution in [0.1, 0.15) is 31.9 Å². The van der Waals surface area contributed by atoms with Crippen molar-refractivity contribution in [3.8, 4) is 0 Å². The molecular weight excluding hydrogens is 244 g/mol. The van der Waals surface area contributed by atoms with E-state index in [-0.39, 0.29) is 5.41 Å². The molecule has 0 spiro atoms. The van der Waals surface area contributed by atoms with Crippen LogP contribution in [0, 0.1) is 0 Å². The van der Waals surface area contributed by atoms with Crippen LogP contribution in [0.25, 0.3) is 5.57 Å². The highest BCUT2D eigenvalue weighted by molar-refractivity contribution is 5.67. The predicted octanol–water partition coefficient (Wildman–Crippen LogP) is 4.23. The van der Waals surface area contributed by atoms with Crippen molar-refractivity contribution in [1.29, 1.82) is 0 Å². The van der Waals surface area contributed by atoms with Gasteiger partial charge in [0.25, 0.3) is 0 Å². The van der Waals surface area contributed by atoms with E-state index in [0.717, 1.165) is 11.4 Å². The number of nitrogens with two attached hydrogens (primary N) is 2. The molecule has 0 saturated heterocycles. The zero-order valence-corrected chi connectivity index (χ0v) is 12.4. The van der Waals surface area contributed by atoms with E-state index in [1.165, 1.54) is 16.7 Å². The lowest BCUT2D eigenvalue weighted by Crippen LogP contribution is -2.14. The molecule has 0 aliphatic carbocycles. The highest BCUT2D eigenvalue weighted by atomic mass is 14.5. The van der Waals surface area contributed by atoms with Crippen LogP contribution >= 0.6 is 0 Å². The lowest BCUT2D eigenvalue weighted by molar-refractivity contribution is 0.671. The molecule has 2 aromatic carbocycles. The molecule has 0 amide bonds. The summed E-state index contributed by atoms with van der Waals surface area (Å²) in [6.45, 7) is 6.54. The Balaban J connectivity index is 2.31. The van der Waals surface area contributed by atoms with E-state index in [4.69, 9.17) is 11.5 Å². The molecule has 2 rings (SSSR count). The van der Waals surface area contributed by atoms with E-state index < -0.39 is 0 Å². The lowest BCUT2D eigenvalue weighted by atomic mass is 9.82. The molecule has 0 unspecified atom stereocenters. The summed E-state index contributed by atoms with van der Waals surface area (Å²) in [6.07, 6.45) is 2.28. The van der Waals surface area contributed by atoms with Gasteiger partial charge in [0.05, 0.1) is 0 Å². The van der Waals surface area contributed by atoms with Crippen LogP contribution in [0.2, 0.25) is 0 Å². The molecule has 0 radical (unpaired) electrons. The Morgan fingerprint density at radius 1 is 0.850 bits per heavy atom. The number of allylic oxidation sites excluding steroid dienone is 2. The van der Waals surface area contributed by atoms with Crippen LogP contribution in [0.3, 0.4) is 0 Å². The third-order valence-electron chi connectivity index (χ3n) is 3.60. The summed E-state index contributed by atoms with van der Waals surface area (Å²) in [5, 5.41) is 0. The van der Waals surface area contributed by atoms with Crippen LogP contribution in [-0.2, 0) is 5.41 Å². The molecule has 104 valence electrons. The van der Waals surface area contributed by atoms with Crippen molar-refractivity contribution in [3.63, 3.8) is 0 Å². The van der Waals surface area contributed by atoms with Crippen LogP contribution in [0.5, 0.6) is 0 Å². The molecule has 0 bridgehead atoms. The van der Waals surface area contributed by atoms with Crippen molar-refractivity contribution < 1.29 is 0 Å². The average molecular weight is 266 g/mol. The minimum atomic E-state index is -0.0425. The molecule has 20 heavy (non-hydrogen) atoms. The normalized spacial score (nSPS) is 12.4. The molecule has 0 aliphatic rings. The number of benzene rings is 2. The Bertz CT molecular complexity index is 605. The lowest BCUT2D eigenvalue weighted by Gasteiger charge is -2.22.